The summed E-state index contributed by atoms with van der Waals surface area (Å²) in [5, 5.41) is 28.7. The van der Waals surface area contributed by atoms with Gasteiger partial charge in [0, 0.05) is 6.61 Å². The molecule has 5 nitrogen and oxygen atoms in total. The molecule has 4 atom stereocenters. The maximum atomic E-state index is 9.91. The first-order valence-electron chi connectivity index (χ1n) is 13.1. The molecule has 0 radical (unpaired) electrons. The highest BCUT2D eigenvalue weighted by Crippen LogP contribution is 2.21. The van der Waals surface area contributed by atoms with Crippen molar-refractivity contribution >= 4 is 0 Å². The van der Waals surface area contributed by atoms with Gasteiger partial charge in [-0.3, -0.25) is 0 Å². The monoisotopic (exact) mass is 442 g/mol. The molecule has 31 heavy (non-hydrogen) atoms. The molecule has 1 fully saturated rings. The zero-order chi connectivity index (χ0) is 22.6. The summed E-state index contributed by atoms with van der Waals surface area (Å²) in [7, 11) is 0. The van der Waals surface area contributed by atoms with Gasteiger partial charge < -0.3 is 24.8 Å². The highest BCUT2D eigenvalue weighted by atomic mass is 16.6. The van der Waals surface area contributed by atoms with E-state index in [-0.39, 0.29) is 13.2 Å². The van der Waals surface area contributed by atoms with Gasteiger partial charge in [-0.25, -0.2) is 0 Å². The molecule has 0 unspecified atom stereocenters. The van der Waals surface area contributed by atoms with Gasteiger partial charge >= 0.3 is 0 Å². The van der Waals surface area contributed by atoms with Gasteiger partial charge in [0.25, 0.3) is 0 Å². The Morgan fingerprint density at radius 1 is 0.839 bits per heavy atom. The molecule has 0 spiro atoms. The van der Waals surface area contributed by atoms with Gasteiger partial charge in [-0.1, -0.05) is 89.7 Å². The van der Waals surface area contributed by atoms with Crippen LogP contribution in [0.2, 0.25) is 0 Å². The third-order valence-corrected chi connectivity index (χ3v) is 6.20. The standard InChI is InChI=1S/C26H50O5/c1-2-3-4-5-6-7-8-9-10-11-12-13-14-15-16-17-18-19-20-30-26-24(29)22-31-25(26)23(28)21-27/h9-10,23-29H,2-8,11-22H2,1H3/b10-9+/t23-,24+,25+,26+/m1/s1. The fourth-order valence-corrected chi connectivity index (χ4v) is 4.18. The third kappa shape index (κ3) is 14.3. The molecular formula is C26H50O5. The quantitative estimate of drug-likeness (QED) is 0.166. The minimum Gasteiger partial charge on any atom is -0.394 e. The Bertz CT molecular complexity index is 415. The van der Waals surface area contributed by atoms with E-state index in [2.05, 4.69) is 19.1 Å². The van der Waals surface area contributed by atoms with Crippen molar-refractivity contribution in [2.45, 2.75) is 134 Å². The van der Waals surface area contributed by atoms with Crippen molar-refractivity contribution in [3.8, 4) is 0 Å². The number of ether oxygens (including phenoxy) is 2. The fourth-order valence-electron chi connectivity index (χ4n) is 4.18. The number of hydrogen-bond donors (Lipinski definition) is 3. The summed E-state index contributed by atoms with van der Waals surface area (Å²) in [6.45, 7) is 2.60. The number of aliphatic hydroxyl groups is 3. The van der Waals surface area contributed by atoms with E-state index >= 15 is 0 Å². The number of aliphatic hydroxyl groups excluding tert-OH is 3. The molecule has 1 aliphatic heterocycles. The first kappa shape index (κ1) is 28.6. The summed E-state index contributed by atoms with van der Waals surface area (Å²) in [5.74, 6) is 0. The predicted octanol–water partition coefficient (Wildman–Crippen LogP) is 5.30. The molecular weight excluding hydrogens is 392 g/mol. The number of hydrogen-bond acceptors (Lipinski definition) is 5. The molecule has 0 bridgehead atoms. The Morgan fingerprint density at radius 3 is 1.90 bits per heavy atom. The van der Waals surface area contributed by atoms with E-state index in [1.165, 1.54) is 89.9 Å². The summed E-state index contributed by atoms with van der Waals surface area (Å²) in [6.07, 6.45) is 22.5. The summed E-state index contributed by atoms with van der Waals surface area (Å²) in [6, 6.07) is 0. The van der Waals surface area contributed by atoms with Gasteiger partial charge in [0.1, 0.15) is 24.4 Å². The highest BCUT2D eigenvalue weighted by molar-refractivity contribution is 4.89. The Labute approximate surface area is 191 Å². The first-order chi connectivity index (χ1) is 15.2. The lowest BCUT2D eigenvalue weighted by Gasteiger charge is -2.23. The molecule has 0 aromatic carbocycles. The van der Waals surface area contributed by atoms with Crippen LogP contribution >= 0.6 is 0 Å². The maximum Gasteiger partial charge on any atom is 0.114 e. The van der Waals surface area contributed by atoms with E-state index in [1.54, 1.807) is 0 Å². The van der Waals surface area contributed by atoms with Crippen molar-refractivity contribution in [3.63, 3.8) is 0 Å². The van der Waals surface area contributed by atoms with Crippen molar-refractivity contribution < 1.29 is 24.8 Å². The van der Waals surface area contributed by atoms with E-state index in [9.17, 15) is 10.2 Å². The molecule has 0 aromatic heterocycles. The Kier molecular flexibility index (Phi) is 18.6. The first-order valence-corrected chi connectivity index (χ1v) is 13.1. The lowest BCUT2D eigenvalue weighted by molar-refractivity contribution is -0.0938. The van der Waals surface area contributed by atoms with Gasteiger partial charge in [-0.15, -0.1) is 0 Å². The molecule has 0 amide bonds. The van der Waals surface area contributed by atoms with E-state index < -0.39 is 24.4 Å². The minimum absolute atomic E-state index is 0.154. The highest BCUT2D eigenvalue weighted by Gasteiger charge is 2.40. The molecule has 1 saturated heterocycles. The number of rotatable bonds is 21. The number of unbranched alkanes of at least 4 members (excludes halogenated alkanes) is 14. The van der Waals surface area contributed by atoms with Crippen LogP contribution in [-0.4, -0.2) is 59.6 Å². The van der Waals surface area contributed by atoms with Gasteiger partial charge in [0.2, 0.25) is 0 Å². The lowest BCUT2D eigenvalue weighted by atomic mass is 10.1. The van der Waals surface area contributed by atoms with Gasteiger partial charge in [-0.2, -0.15) is 0 Å². The van der Waals surface area contributed by atoms with E-state index in [0.29, 0.717) is 6.61 Å². The van der Waals surface area contributed by atoms with Crippen LogP contribution in [-0.2, 0) is 9.47 Å². The largest absolute Gasteiger partial charge is 0.394 e. The Hall–Kier alpha value is -0.460. The average Bonchev–Trinajstić information content (AvgIpc) is 3.15. The molecule has 184 valence electrons. The van der Waals surface area contributed by atoms with E-state index in [0.717, 1.165) is 12.8 Å². The summed E-state index contributed by atoms with van der Waals surface area (Å²) in [4.78, 5) is 0. The van der Waals surface area contributed by atoms with Crippen LogP contribution in [0.3, 0.4) is 0 Å². The fraction of sp³-hybridized carbons (Fsp3) is 0.923. The Morgan fingerprint density at radius 2 is 1.35 bits per heavy atom. The van der Waals surface area contributed by atoms with Gasteiger partial charge in [0.05, 0.1) is 13.2 Å². The molecule has 1 aliphatic rings. The minimum atomic E-state index is -1.00. The molecule has 0 saturated carbocycles. The molecule has 1 rings (SSSR count). The zero-order valence-corrected chi connectivity index (χ0v) is 20.1. The van der Waals surface area contributed by atoms with Crippen LogP contribution in [0.5, 0.6) is 0 Å². The van der Waals surface area contributed by atoms with E-state index in [1.807, 2.05) is 0 Å². The van der Waals surface area contributed by atoms with Crippen molar-refractivity contribution in [2.75, 3.05) is 19.8 Å². The Balaban J connectivity index is 1.83. The van der Waals surface area contributed by atoms with Crippen molar-refractivity contribution in [3.05, 3.63) is 12.2 Å². The van der Waals surface area contributed by atoms with Crippen molar-refractivity contribution in [1.29, 1.82) is 0 Å². The van der Waals surface area contributed by atoms with Crippen LogP contribution in [0.4, 0.5) is 0 Å². The molecule has 5 heteroatoms. The van der Waals surface area contributed by atoms with E-state index in [4.69, 9.17) is 14.6 Å². The SMILES string of the molecule is CCCCCCCC/C=C/CCCCCCCCCCO[C@@H]1[C@H]([C@H](O)CO)OC[C@@H]1O. The summed E-state index contributed by atoms with van der Waals surface area (Å²) >= 11 is 0. The van der Waals surface area contributed by atoms with Gasteiger partial charge in [-0.05, 0) is 32.1 Å². The van der Waals surface area contributed by atoms with Crippen LogP contribution in [0, 0.1) is 0 Å². The average molecular weight is 443 g/mol. The van der Waals surface area contributed by atoms with Gasteiger partial charge in [0.15, 0.2) is 0 Å². The molecule has 0 aliphatic carbocycles. The molecule has 3 N–H and O–H groups in total. The number of allylic oxidation sites excluding steroid dienone is 2. The normalized spacial score (nSPS) is 22.5. The van der Waals surface area contributed by atoms with Crippen LogP contribution in [0.1, 0.15) is 110 Å². The molecule has 1 heterocycles. The second-order valence-corrected chi connectivity index (χ2v) is 9.10. The lowest BCUT2D eigenvalue weighted by Crippen LogP contribution is -2.42. The van der Waals surface area contributed by atoms with Crippen LogP contribution in [0.25, 0.3) is 0 Å². The smallest absolute Gasteiger partial charge is 0.114 e. The van der Waals surface area contributed by atoms with Crippen LogP contribution in [0.15, 0.2) is 12.2 Å². The van der Waals surface area contributed by atoms with Crippen molar-refractivity contribution in [2.24, 2.45) is 0 Å². The second kappa shape index (κ2) is 20.2. The zero-order valence-electron chi connectivity index (χ0n) is 20.1. The summed E-state index contributed by atoms with van der Waals surface area (Å²) < 4.78 is 11.1. The van der Waals surface area contributed by atoms with Crippen molar-refractivity contribution in [1.82, 2.24) is 0 Å². The van der Waals surface area contributed by atoms with Crippen LogP contribution < -0.4 is 0 Å². The predicted molar refractivity (Wildman–Crippen MR) is 127 cm³/mol. The topological polar surface area (TPSA) is 79.2 Å². The third-order valence-electron chi connectivity index (χ3n) is 6.20. The second-order valence-electron chi connectivity index (χ2n) is 9.10. The maximum absolute atomic E-state index is 9.91. The molecule has 0 aromatic rings. The summed E-state index contributed by atoms with van der Waals surface area (Å²) in [5.41, 5.74) is 0.